The van der Waals surface area contributed by atoms with Crippen LogP contribution >= 0.6 is 0 Å². The van der Waals surface area contributed by atoms with Crippen molar-refractivity contribution in [3.05, 3.63) is 18.0 Å². The fraction of sp³-hybridized carbons (Fsp3) is 0.769. The Morgan fingerprint density at radius 1 is 1.41 bits per heavy atom. The molecule has 0 aliphatic heterocycles. The Bertz CT molecular complexity index is 339. The van der Waals surface area contributed by atoms with Crippen LogP contribution in [0.4, 0.5) is 0 Å². The normalized spacial score (nSPS) is 14.3. The van der Waals surface area contributed by atoms with E-state index in [-0.39, 0.29) is 5.54 Å². The van der Waals surface area contributed by atoms with E-state index < -0.39 is 0 Å². The summed E-state index contributed by atoms with van der Waals surface area (Å²) in [7, 11) is 8.31. The quantitative estimate of drug-likeness (QED) is 0.820. The van der Waals surface area contributed by atoms with Gasteiger partial charge in [0.25, 0.3) is 0 Å². The summed E-state index contributed by atoms with van der Waals surface area (Å²) < 4.78 is 1.87. The van der Waals surface area contributed by atoms with Gasteiger partial charge in [0.05, 0.1) is 12.2 Å². The number of aryl methyl sites for hydroxylation is 1. The standard InChI is InChI=1S/C13H26N4/c1-7-13(8-2,16(4)5)12(14-3)11-9-15-17(6)10-11/h9-10,12,14H,7-8H2,1-6H3. The number of rotatable bonds is 6. The first kappa shape index (κ1) is 14.2. The van der Waals surface area contributed by atoms with E-state index in [0.717, 1.165) is 12.8 Å². The molecule has 0 amide bonds. The van der Waals surface area contributed by atoms with Crippen molar-refractivity contribution in [2.24, 2.45) is 7.05 Å². The zero-order valence-electron chi connectivity index (χ0n) is 12.0. The topological polar surface area (TPSA) is 33.1 Å². The third-order valence-electron chi connectivity index (χ3n) is 4.00. The highest BCUT2D eigenvalue weighted by atomic mass is 15.2. The third-order valence-corrected chi connectivity index (χ3v) is 4.00. The maximum Gasteiger partial charge on any atom is 0.0538 e. The van der Waals surface area contributed by atoms with Gasteiger partial charge in [-0.25, -0.2) is 0 Å². The lowest BCUT2D eigenvalue weighted by Crippen LogP contribution is -2.52. The lowest BCUT2D eigenvalue weighted by Gasteiger charge is -2.44. The largest absolute Gasteiger partial charge is 0.311 e. The Morgan fingerprint density at radius 3 is 2.29 bits per heavy atom. The second kappa shape index (κ2) is 5.65. The number of aromatic nitrogens is 2. The SMILES string of the molecule is CCC(CC)(C(NC)c1cnn(C)c1)N(C)C. The molecule has 4 nitrogen and oxygen atoms in total. The van der Waals surface area contributed by atoms with Crippen LogP contribution in [0.15, 0.2) is 12.4 Å². The first-order valence-corrected chi connectivity index (χ1v) is 6.35. The van der Waals surface area contributed by atoms with E-state index in [1.54, 1.807) is 0 Å². The molecule has 1 unspecified atom stereocenters. The lowest BCUT2D eigenvalue weighted by atomic mass is 9.80. The Balaban J connectivity index is 3.13. The molecular formula is C13H26N4. The maximum atomic E-state index is 4.29. The zero-order valence-corrected chi connectivity index (χ0v) is 12.0. The molecule has 1 atom stereocenters. The second-order valence-electron chi connectivity index (χ2n) is 4.87. The van der Waals surface area contributed by atoms with E-state index in [9.17, 15) is 0 Å². The van der Waals surface area contributed by atoms with Gasteiger partial charge in [0, 0.05) is 24.3 Å². The molecule has 0 aliphatic rings. The molecule has 1 aromatic rings. The number of nitrogens with zero attached hydrogens (tertiary/aromatic N) is 3. The van der Waals surface area contributed by atoms with E-state index >= 15 is 0 Å². The third kappa shape index (κ3) is 2.53. The molecule has 1 heterocycles. The molecule has 0 radical (unpaired) electrons. The predicted octanol–water partition coefficient (Wildman–Crippen LogP) is 1.80. The molecule has 0 bridgehead atoms. The maximum absolute atomic E-state index is 4.29. The Kier molecular flexibility index (Phi) is 4.71. The van der Waals surface area contributed by atoms with E-state index in [1.807, 2.05) is 25.0 Å². The van der Waals surface area contributed by atoms with Gasteiger partial charge in [0.15, 0.2) is 0 Å². The molecule has 0 spiro atoms. The highest BCUT2D eigenvalue weighted by molar-refractivity contribution is 5.17. The van der Waals surface area contributed by atoms with Crippen molar-refractivity contribution >= 4 is 0 Å². The summed E-state index contributed by atoms with van der Waals surface area (Å²) in [5.74, 6) is 0. The predicted molar refractivity (Wildman–Crippen MR) is 72.0 cm³/mol. The van der Waals surface area contributed by atoms with Gasteiger partial charge in [0.2, 0.25) is 0 Å². The van der Waals surface area contributed by atoms with Gasteiger partial charge in [0.1, 0.15) is 0 Å². The van der Waals surface area contributed by atoms with Crippen molar-refractivity contribution in [2.75, 3.05) is 21.1 Å². The minimum atomic E-state index is 0.137. The van der Waals surface area contributed by atoms with Gasteiger partial charge < -0.3 is 10.2 Å². The summed E-state index contributed by atoms with van der Waals surface area (Å²) in [4.78, 5) is 2.33. The van der Waals surface area contributed by atoms with Gasteiger partial charge in [-0.05, 0) is 34.0 Å². The van der Waals surface area contributed by atoms with Crippen molar-refractivity contribution in [1.29, 1.82) is 0 Å². The molecule has 1 rings (SSSR count). The second-order valence-corrected chi connectivity index (χ2v) is 4.87. The van der Waals surface area contributed by atoms with Gasteiger partial charge in [-0.2, -0.15) is 5.10 Å². The lowest BCUT2D eigenvalue weighted by molar-refractivity contribution is 0.0917. The molecule has 0 aromatic carbocycles. The minimum Gasteiger partial charge on any atom is -0.311 e. The van der Waals surface area contributed by atoms with Crippen LogP contribution in [-0.4, -0.2) is 41.4 Å². The number of nitrogens with one attached hydrogen (secondary N) is 1. The summed E-state index contributed by atoms with van der Waals surface area (Å²) in [5, 5.41) is 7.75. The summed E-state index contributed by atoms with van der Waals surface area (Å²) in [6.07, 6.45) is 6.28. The van der Waals surface area contributed by atoms with Crippen LogP contribution in [0.3, 0.4) is 0 Å². The smallest absolute Gasteiger partial charge is 0.0538 e. The molecule has 1 N–H and O–H groups in total. The van der Waals surface area contributed by atoms with Crippen molar-refractivity contribution < 1.29 is 0 Å². The van der Waals surface area contributed by atoms with Gasteiger partial charge >= 0.3 is 0 Å². The molecule has 1 aromatic heterocycles. The van der Waals surface area contributed by atoms with E-state index in [0.29, 0.717) is 6.04 Å². The molecule has 0 aliphatic carbocycles. The molecule has 0 saturated carbocycles. The molecular weight excluding hydrogens is 212 g/mol. The van der Waals surface area contributed by atoms with Crippen molar-refractivity contribution in [2.45, 2.75) is 38.3 Å². The van der Waals surface area contributed by atoms with Crippen molar-refractivity contribution in [1.82, 2.24) is 20.0 Å². The van der Waals surface area contributed by atoms with Gasteiger partial charge in [-0.3, -0.25) is 4.68 Å². The van der Waals surface area contributed by atoms with Crippen LogP contribution < -0.4 is 5.32 Å². The van der Waals surface area contributed by atoms with E-state index in [1.165, 1.54) is 5.56 Å². The summed E-state index contributed by atoms with van der Waals surface area (Å²) >= 11 is 0. The van der Waals surface area contributed by atoms with Crippen LogP contribution in [-0.2, 0) is 7.05 Å². The summed E-state index contributed by atoms with van der Waals surface area (Å²) in [6.45, 7) is 4.51. The zero-order chi connectivity index (χ0) is 13.1. The van der Waals surface area contributed by atoms with E-state index in [2.05, 4.69) is 49.5 Å². The minimum absolute atomic E-state index is 0.137. The van der Waals surface area contributed by atoms with Gasteiger partial charge in [-0.15, -0.1) is 0 Å². The van der Waals surface area contributed by atoms with Crippen LogP contribution in [0.1, 0.15) is 38.3 Å². The summed E-state index contributed by atoms with van der Waals surface area (Å²) in [6, 6.07) is 0.307. The molecule has 98 valence electrons. The Morgan fingerprint density at radius 2 is 2.00 bits per heavy atom. The van der Waals surface area contributed by atoms with Gasteiger partial charge in [-0.1, -0.05) is 13.8 Å². The summed E-state index contributed by atoms with van der Waals surface area (Å²) in [5.41, 5.74) is 1.39. The van der Waals surface area contributed by atoms with Crippen LogP contribution in [0, 0.1) is 0 Å². The van der Waals surface area contributed by atoms with Crippen LogP contribution in [0.2, 0.25) is 0 Å². The average molecular weight is 238 g/mol. The first-order valence-electron chi connectivity index (χ1n) is 6.35. The average Bonchev–Trinajstić information content (AvgIpc) is 2.72. The fourth-order valence-corrected chi connectivity index (χ4v) is 2.88. The van der Waals surface area contributed by atoms with Crippen molar-refractivity contribution in [3.63, 3.8) is 0 Å². The van der Waals surface area contributed by atoms with Crippen molar-refractivity contribution in [3.8, 4) is 0 Å². The van der Waals surface area contributed by atoms with E-state index in [4.69, 9.17) is 0 Å². The fourth-order valence-electron chi connectivity index (χ4n) is 2.88. The van der Waals surface area contributed by atoms with Crippen LogP contribution in [0.5, 0.6) is 0 Å². The first-order chi connectivity index (χ1) is 8.01. The number of likely N-dealkylation sites (N-methyl/N-ethyl adjacent to an activating group) is 2. The number of hydrogen-bond acceptors (Lipinski definition) is 3. The highest BCUT2D eigenvalue weighted by Crippen LogP contribution is 2.35. The molecule has 0 fully saturated rings. The molecule has 0 saturated heterocycles. The Labute approximate surface area is 105 Å². The van der Waals surface area contributed by atoms with Crippen LogP contribution in [0.25, 0.3) is 0 Å². The monoisotopic (exact) mass is 238 g/mol. The number of hydrogen-bond donors (Lipinski definition) is 1. The highest BCUT2D eigenvalue weighted by Gasteiger charge is 2.38. The Hall–Kier alpha value is -0.870. The molecule has 4 heteroatoms. The molecule has 17 heavy (non-hydrogen) atoms.